The molecule has 2 aromatic carbocycles. The number of ether oxygens (including phenoxy) is 1. The summed E-state index contributed by atoms with van der Waals surface area (Å²) in [5, 5.41) is 0.494. The van der Waals surface area contributed by atoms with Crippen molar-refractivity contribution in [2.45, 2.75) is 24.0 Å². The summed E-state index contributed by atoms with van der Waals surface area (Å²) in [6.45, 7) is 4.28. The van der Waals surface area contributed by atoms with Gasteiger partial charge in [-0.15, -0.1) is 12.4 Å². The Morgan fingerprint density at radius 1 is 1.12 bits per heavy atom. The zero-order chi connectivity index (χ0) is 23.6. The van der Waals surface area contributed by atoms with Crippen molar-refractivity contribution in [3.8, 4) is 5.75 Å². The number of fused-ring (bicyclic) bond motifs is 1. The highest BCUT2D eigenvalue weighted by Gasteiger charge is 2.25. The van der Waals surface area contributed by atoms with E-state index in [1.807, 2.05) is 19.0 Å². The number of sulfone groups is 1. The van der Waals surface area contributed by atoms with E-state index < -0.39 is 15.1 Å². The maximum Gasteiger partial charge on any atom is 0.260 e. The van der Waals surface area contributed by atoms with E-state index in [0.29, 0.717) is 40.1 Å². The molecular formula is C22H27Cl2N3O4S2. The van der Waals surface area contributed by atoms with Crippen LogP contribution in [0.4, 0.5) is 5.13 Å². The Hall–Kier alpha value is -1.91. The first kappa shape index (κ1) is 27.3. The number of hydrogen-bond donors (Lipinski definition) is 0. The summed E-state index contributed by atoms with van der Waals surface area (Å²) in [6.07, 6.45) is 0. The van der Waals surface area contributed by atoms with Crippen LogP contribution in [0.1, 0.15) is 24.2 Å². The second-order valence-electron chi connectivity index (χ2n) is 7.80. The van der Waals surface area contributed by atoms with E-state index >= 15 is 0 Å². The fourth-order valence-electron chi connectivity index (χ4n) is 3.02. The lowest BCUT2D eigenvalue weighted by Crippen LogP contribution is -2.36. The number of benzene rings is 2. The van der Waals surface area contributed by atoms with Crippen LogP contribution in [0.2, 0.25) is 5.02 Å². The van der Waals surface area contributed by atoms with Gasteiger partial charge in [0.05, 0.1) is 27.0 Å². The number of thiazole rings is 1. The van der Waals surface area contributed by atoms with E-state index in [2.05, 4.69) is 4.98 Å². The van der Waals surface area contributed by atoms with Crippen LogP contribution >= 0.6 is 35.3 Å². The van der Waals surface area contributed by atoms with E-state index in [1.54, 1.807) is 50.1 Å². The number of carbonyl (C=O) groups is 1. The van der Waals surface area contributed by atoms with Crippen LogP contribution in [0.3, 0.4) is 0 Å². The quantitative estimate of drug-likeness (QED) is 0.416. The van der Waals surface area contributed by atoms with Gasteiger partial charge in [-0.3, -0.25) is 9.69 Å². The van der Waals surface area contributed by atoms with E-state index in [-0.39, 0.29) is 23.2 Å². The van der Waals surface area contributed by atoms with Gasteiger partial charge in [-0.25, -0.2) is 13.4 Å². The topological polar surface area (TPSA) is 79.8 Å². The number of carbonyl (C=O) groups excluding carboxylic acids is 1. The van der Waals surface area contributed by atoms with Crippen molar-refractivity contribution in [3.05, 3.63) is 47.0 Å². The van der Waals surface area contributed by atoms with Gasteiger partial charge in [0.15, 0.2) is 15.0 Å². The highest BCUT2D eigenvalue weighted by Crippen LogP contribution is 2.39. The highest BCUT2D eigenvalue weighted by molar-refractivity contribution is 7.92. The smallest absolute Gasteiger partial charge is 0.260 e. The number of rotatable bonds is 8. The molecule has 0 saturated carbocycles. The van der Waals surface area contributed by atoms with E-state index in [0.717, 1.165) is 4.70 Å². The molecule has 0 aliphatic heterocycles. The Bertz CT molecular complexity index is 1230. The normalized spacial score (nSPS) is 11.6. The molecule has 3 rings (SSSR count). The van der Waals surface area contributed by atoms with Gasteiger partial charge in [-0.05, 0) is 64.3 Å². The molecule has 3 aromatic rings. The molecule has 0 aliphatic rings. The van der Waals surface area contributed by atoms with Gasteiger partial charge in [0.25, 0.3) is 5.91 Å². The minimum absolute atomic E-state index is 0. The predicted molar refractivity (Wildman–Crippen MR) is 137 cm³/mol. The van der Waals surface area contributed by atoms with Crippen molar-refractivity contribution < 1.29 is 17.9 Å². The highest BCUT2D eigenvalue weighted by atomic mass is 35.5. The Morgan fingerprint density at radius 3 is 2.30 bits per heavy atom. The molecular weight excluding hydrogens is 505 g/mol. The molecule has 0 aliphatic carbocycles. The number of halogens is 2. The Balaban J connectivity index is 0.00000385. The average molecular weight is 533 g/mol. The fraction of sp³-hybridized carbons (Fsp3) is 0.364. The SMILES string of the molecule is COc1ccc(Cl)c2sc(N(CCN(C)C)C(=O)c3ccc(S(=O)(=O)C(C)C)cc3)nc12.Cl. The molecule has 1 amide bonds. The summed E-state index contributed by atoms with van der Waals surface area (Å²) in [4.78, 5) is 21.8. The molecule has 180 valence electrons. The summed E-state index contributed by atoms with van der Waals surface area (Å²) in [6, 6.07) is 9.52. The number of anilines is 1. The zero-order valence-corrected chi connectivity index (χ0v) is 22.2. The molecule has 0 fully saturated rings. The van der Waals surface area contributed by atoms with E-state index in [1.165, 1.54) is 23.5 Å². The number of amides is 1. The molecule has 1 heterocycles. The third-order valence-electron chi connectivity index (χ3n) is 4.96. The molecule has 1 aromatic heterocycles. The molecule has 33 heavy (non-hydrogen) atoms. The first-order valence-corrected chi connectivity index (χ1v) is 12.7. The summed E-state index contributed by atoms with van der Waals surface area (Å²) in [7, 11) is 1.99. The van der Waals surface area contributed by atoms with Gasteiger partial charge in [-0.2, -0.15) is 0 Å². The van der Waals surface area contributed by atoms with Crippen LogP contribution in [0.25, 0.3) is 10.2 Å². The van der Waals surface area contributed by atoms with Crippen LogP contribution in [-0.4, -0.2) is 63.8 Å². The van der Waals surface area contributed by atoms with E-state index in [4.69, 9.17) is 16.3 Å². The summed E-state index contributed by atoms with van der Waals surface area (Å²) >= 11 is 7.68. The van der Waals surface area contributed by atoms with Crippen LogP contribution in [0.5, 0.6) is 5.75 Å². The van der Waals surface area contributed by atoms with Crippen molar-refractivity contribution in [3.63, 3.8) is 0 Å². The molecule has 0 spiro atoms. The molecule has 0 atom stereocenters. The Kier molecular flexibility index (Phi) is 9.12. The summed E-state index contributed by atoms with van der Waals surface area (Å²) in [5.74, 6) is 0.310. The fourth-order valence-corrected chi connectivity index (χ4v) is 5.36. The standard InChI is InChI=1S/C22H26ClN3O4S2.ClH/c1-14(2)32(28,29)16-8-6-15(7-9-16)21(27)26(13-12-25(3)4)22-24-19-18(30-5)11-10-17(23)20(19)31-22;/h6-11,14H,12-13H2,1-5H3;1H. The van der Waals surface area contributed by atoms with Gasteiger partial charge in [0.1, 0.15) is 11.3 Å². The zero-order valence-electron chi connectivity index (χ0n) is 19.0. The molecule has 0 saturated heterocycles. The van der Waals surface area contributed by atoms with Gasteiger partial charge in [0.2, 0.25) is 0 Å². The van der Waals surface area contributed by atoms with Gasteiger partial charge >= 0.3 is 0 Å². The number of aromatic nitrogens is 1. The number of hydrogen-bond acceptors (Lipinski definition) is 7. The van der Waals surface area contributed by atoms with Crippen molar-refractivity contribution >= 4 is 66.4 Å². The number of likely N-dealkylation sites (N-methyl/N-ethyl adjacent to an activating group) is 1. The van der Waals surface area contributed by atoms with Crippen LogP contribution in [0, 0.1) is 0 Å². The van der Waals surface area contributed by atoms with Crippen LogP contribution < -0.4 is 9.64 Å². The third kappa shape index (κ3) is 5.78. The first-order chi connectivity index (χ1) is 15.1. The van der Waals surface area contributed by atoms with Gasteiger partial charge in [-0.1, -0.05) is 22.9 Å². The van der Waals surface area contributed by atoms with Crippen molar-refractivity contribution in [2.75, 3.05) is 39.2 Å². The Morgan fingerprint density at radius 2 is 1.76 bits per heavy atom. The second-order valence-corrected chi connectivity index (χ2v) is 11.7. The molecule has 0 radical (unpaired) electrons. The second kappa shape index (κ2) is 11.0. The van der Waals surface area contributed by atoms with Crippen molar-refractivity contribution in [2.24, 2.45) is 0 Å². The molecule has 0 bridgehead atoms. The van der Waals surface area contributed by atoms with Gasteiger partial charge < -0.3 is 9.64 Å². The first-order valence-electron chi connectivity index (χ1n) is 9.99. The summed E-state index contributed by atoms with van der Waals surface area (Å²) < 4.78 is 30.9. The average Bonchev–Trinajstić information content (AvgIpc) is 3.20. The molecule has 7 nitrogen and oxygen atoms in total. The monoisotopic (exact) mass is 531 g/mol. The van der Waals surface area contributed by atoms with Crippen LogP contribution in [-0.2, 0) is 9.84 Å². The van der Waals surface area contributed by atoms with E-state index in [9.17, 15) is 13.2 Å². The number of nitrogens with zero attached hydrogens (tertiary/aromatic N) is 3. The maximum absolute atomic E-state index is 13.4. The Labute approximate surface area is 209 Å². The minimum Gasteiger partial charge on any atom is -0.494 e. The minimum atomic E-state index is -3.41. The molecule has 0 N–H and O–H groups in total. The van der Waals surface area contributed by atoms with Crippen LogP contribution in [0.15, 0.2) is 41.3 Å². The van der Waals surface area contributed by atoms with Crippen molar-refractivity contribution in [1.82, 2.24) is 9.88 Å². The third-order valence-corrected chi connectivity index (χ3v) is 8.67. The lowest BCUT2D eigenvalue weighted by Gasteiger charge is -2.22. The summed E-state index contributed by atoms with van der Waals surface area (Å²) in [5.41, 5.74) is 0.977. The van der Waals surface area contributed by atoms with Gasteiger partial charge in [0, 0.05) is 18.7 Å². The lowest BCUT2D eigenvalue weighted by atomic mass is 10.2. The molecule has 11 heteroatoms. The molecule has 0 unspecified atom stereocenters. The predicted octanol–water partition coefficient (Wildman–Crippen LogP) is 4.77. The largest absolute Gasteiger partial charge is 0.494 e. The lowest BCUT2D eigenvalue weighted by molar-refractivity contribution is 0.0985. The number of methoxy groups -OCH3 is 1. The van der Waals surface area contributed by atoms with Crippen molar-refractivity contribution in [1.29, 1.82) is 0 Å². The maximum atomic E-state index is 13.4.